The Kier molecular flexibility index (Phi) is 6.95. The zero-order valence-electron chi connectivity index (χ0n) is 18.3. The number of hydrogen-bond donors (Lipinski definition) is 1. The molecule has 30 heavy (non-hydrogen) atoms. The van der Waals surface area contributed by atoms with Crippen molar-refractivity contribution in [2.45, 2.75) is 13.8 Å². The number of nitrogens with one attached hydrogen (secondary N) is 1. The van der Waals surface area contributed by atoms with Crippen LogP contribution < -0.4 is 15.0 Å². The standard InChI is InChI=1S/C23H30N4O3/c1-16(2)15-29-19-9-6-17(7-10-19)22(28)24-18-8-11-21-20(14-18)25-23(30-21)27(5)13-12-26(3)4/h6-11,14,16H,12-13,15H2,1-5H3,(H,24,28). The van der Waals surface area contributed by atoms with E-state index in [-0.39, 0.29) is 5.91 Å². The van der Waals surface area contributed by atoms with Crippen LogP contribution in [0, 0.1) is 5.92 Å². The molecule has 0 atom stereocenters. The molecule has 3 rings (SSSR count). The van der Waals surface area contributed by atoms with Gasteiger partial charge in [-0.05, 0) is 62.5 Å². The van der Waals surface area contributed by atoms with Crippen molar-refractivity contribution in [1.29, 1.82) is 0 Å². The fraction of sp³-hybridized carbons (Fsp3) is 0.391. The molecule has 2 aromatic carbocycles. The van der Waals surface area contributed by atoms with Crippen molar-refractivity contribution >= 4 is 28.7 Å². The van der Waals surface area contributed by atoms with E-state index in [1.807, 2.05) is 56.4 Å². The molecule has 7 heteroatoms. The summed E-state index contributed by atoms with van der Waals surface area (Å²) in [7, 11) is 6.01. The molecule has 3 aromatic rings. The Balaban J connectivity index is 1.66. The average molecular weight is 411 g/mol. The van der Waals surface area contributed by atoms with Gasteiger partial charge in [0.25, 0.3) is 11.9 Å². The largest absolute Gasteiger partial charge is 0.493 e. The smallest absolute Gasteiger partial charge is 0.298 e. The Morgan fingerprint density at radius 3 is 2.50 bits per heavy atom. The number of carbonyl (C=O) groups excluding carboxylic acids is 1. The van der Waals surface area contributed by atoms with E-state index in [9.17, 15) is 4.79 Å². The topological polar surface area (TPSA) is 70.8 Å². The minimum absolute atomic E-state index is 0.184. The van der Waals surface area contributed by atoms with E-state index in [0.29, 0.717) is 40.9 Å². The number of carbonyl (C=O) groups is 1. The van der Waals surface area contributed by atoms with Crippen LogP contribution in [0.5, 0.6) is 5.75 Å². The second kappa shape index (κ2) is 9.63. The van der Waals surface area contributed by atoms with Gasteiger partial charge < -0.3 is 24.3 Å². The SMILES string of the molecule is CC(C)COc1ccc(C(=O)Nc2ccc3oc(N(C)CCN(C)C)nc3c2)cc1. The van der Waals surface area contributed by atoms with E-state index < -0.39 is 0 Å². The molecule has 0 saturated heterocycles. The predicted octanol–water partition coefficient (Wildman–Crippen LogP) is 4.11. The van der Waals surface area contributed by atoms with Crippen LogP contribution in [0.15, 0.2) is 46.9 Å². The Labute approximate surface area is 177 Å². The summed E-state index contributed by atoms with van der Waals surface area (Å²) in [5, 5.41) is 2.92. The summed E-state index contributed by atoms with van der Waals surface area (Å²) < 4.78 is 11.5. The number of aromatic nitrogens is 1. The molecular weight excluding hydrogens is 380 g/mol. The van der Waals surface area contributed by atoms with Crippen molar-refractivity contribution in [2.75, 3.05) is 51.1 Å². The van der Waals surface area contributed by atoms with Crippen molar-refractivity contribution in [3.8, 4) is 5.75 Å². The summed E-state index contributed by atoms with van der Waals surface area (Å²) in [6.07, 6.45) is 0. The third kappa shape index (κ3) is 5.73. The molecule has 0 unspecified atom stereocenters. The molecule has 0 aliphatic rings. The van der Waals surface area contributed by atoms with Crippen molar-refractivity contribution in [1.82, 2.24) is 9.88 Å². The number of ether oxygens (including phenoxy) is 1. The summed E-state index contributed by atoms with van der Waals surface area (Å²) >= 11 is 0. The lowest BCUT2D eigenvalue weighted by Gasteiger charge is -2.17. The van der Waals surface area contributed by atoms with Gasteiger partial charge in [-0.1, -0.05) is 13.8 Å². The Morgan fingerprint density at radius 2 is 1.83 bits per heavy atom. The first-order valence-corrected chi connectivity index (χ1v) is 10.1. The predicted molar refractivity (Wildman–Crippen MR) is 121 cm³/mol. The minimum Gasteiger partial charge on any atom is -0.493 e. The average Bonchev–Trinajstić information content (AvgIpc) is 3.14. The van der Waals surface area contributed by atoms with Gasteiger partial charge >= 0.3 is 0 Å². The number of hydrogen-bond acceptors (Lipinski definition) is 6. The fourth-order valence-electron chi connectivity index (χ4n) is 2.77. The van der Waals surface area contributed by atoms with Crippen LogP contribution in [0.2, 0.25) is 0 Å². The lowest BCUT2D eigenvalue weighted by molar-refractivity contribution is 0.102. The maximum Gasteiger partial charge on any atom is 0.298 e. The molecule has 0 aliphatic heterocycles. The van der Waals surface area contributed by atoms with Crippen LogP contribution >= 0.6 is 0 Å². The number of amides is 1. The molecule has 1 N–H and O–H groups in total. The van der Waals surface area contributed by atoms with E-state index in [0.717, 1.165) is 18.8 Å². The second-order valence-electron chi connectivity index (χ2n) is 8.09. The maximum atomic E-state index is 12.6. The summed E-state index contributed by atoms with van der Waals surface area (Å²) in [4.78, 5) is 21.2. The fourth-order valence-corrected chi connectivity index (χ4v) is 2.77. The molecule has 0 spiro atoms. The van der Waals surface area contributed by atoms with Gasteiger partial charge in [0, 0.05) is 31.4 Å². The number of likely N-dealkylation sites (N-methyl/N-ethyl adjacent to an activating group) is 2. The van der Waals surface area contributed by atoms with Gasteiger partial charge in [0.1, 0.15) is 11.3 Å². The molecular formula is C23H30N4O3. The molecule has 0 radical (unpaired) electrons. The summed E-state index contributed by atoms with van der Waals surface area (Å²) in [6, 6.07) is 13.2. The monoisotopic (exact) mass is 410 g/mol. The van der Waals surface area contributed by atoms with Gasteiger partial charge in [0.15, 0.2) is 5.58 Å². The number of benzene rings is 2. The van der Waals surface area contributed by atoms with E-state index in [4.69, 9.17) is 9.15 Å². The third-order valence-electron chi connectivity index (χ3n) is 4.54. The number of fused-ring (bicyclic) bond motifs is 1. The lowest BCUT2D eigenvalue weighted by atomic mass is 10.2. The normalized spacial score (nSPS) is 11.3. The second-order valence-corrected chi connectivity index (χ2v) is 8.09. The summed E-state index contributed by atoms with van der Waals surface area (Å²) in [5.74, 6) is 1.03. The molecule has 1 aromatic heterocycles. The number of rotatable bonds is 9. The molecule has 0 bridgehead atoms. The summed E-state index contributed by atoms with van der Waals surface area (Å²) in [5.41, 5.74) is 2.63. The van der Waals surface area contributed by atoms with Crippen LogP contribution in [0.3, 0.4) is 0 Å². The number of nitrogens with zero attached hydrogens (tertiary/aromatic N) is 3. The summed E-state index contributed by atoms with van der Waals surface area (Å²) in [6.45, 7) is 6.55. The van der Waals surface area contributed by atoms with Gasteiger partial charge in [-0.15, -0.1) is 0 Å². The molecule has 160 valence electrons. The molecule has 1 amide bonds. The molecule has 1 heterocycles. The van der Waals surface area contributed by atoms with E-state index >= 15 is 0 Å². The van der Waals surface area contributed by atoms with Crippen LogP contribution in [0.4, 0.5) is 11.7 Å². The highest BCUT2D eigenvalue weighted by atomic mass is 16.5. The van der Waals surface area contributed by atoms with E-state index in [1.54, 1.807) is 12.1 Å². The zero-order chi connectivity index (χ0) is 21.7. The first kappa shape index (κ1) is 21.6. The molecule has 0 saturated carbocycles. The van der Waals surface area contributed by atoms with Crippen LogP contribution in [0.1, 0.15) is 24.2 Å². The molecule has 0 fully saturated rings. The van der Waals surface area contributed by atoms with Crippen molar-refractivity contribution in [3.05, 3.63) is 48.0 Å². The Morgan fingerprint density at radius 1 is 1.10 bits per heavy atom. The van der Waals surface area contributed by atoms with Crippen molar-refractivity contribution in [3.63, 3.8) is 0 Å². The van der Waals surface area contributed by atoms with Crippen LogP contribution in [0.25, 0.3) is 11.1 Å². The van der Waals surface area contributed by atoms with Crippen molar-refractivity contribution < 1.29 is 13.9 Å². The first-order chi connectivity index (χ1) is 14.3. The third-order valence-corrected chi connectivity index (χ3v) is 4.54. The zero-order valence-corrected chi connectivity index (χ0v) is 18.3. The van der Waals surface area contributed by atoms with E-state index in [1.165, 1.54) is 0 Å². The van der Waals surface area contributed by atoms with Crippen molar-refractivity contribution in [2.24, 2.45) is 5.92 Å². The molecule has 7 nitrogen and oxygen atoms in total. The number of anilines is 2. The quantitative estimate of drug-likeness (QED) is 0.572. The highest BCUT2D eigenvalue weighted by molar-refractivity contribution is 6.05. The van der Waals surface area contributed by atoms with E-state index in [2.05, 4.69) is 29.0 Å². The van der Waals surface area contributed by atoms with Gasteiger partial charge in [-0.25, -0.2) is 0 Å². The van der Waals surface area contributed by atoms with Crippen LogP contribution in [-0.2, 0) is 0 Å². The highest BCUT2D eigenvalue weighted by Gasteiger charge is 2.12. The maximum absolute atomic E-state index is 12.6. The van der Waals surface area contributed by atoms with Gasteiger partial charge in [-0.2, -0.15) is 4.98 Å². The van der Waals surface area contributed by atoms with Crippen LogP contribution in [-0.4, -0.2) is 56.6 Å². The van der Waals surface area contributed by atoms with Gasteiger partial charge in [0.2, 0.25) is 0 Å². The molecule has 0 aliphatic carbocycles. The Hall–Kier alpha value is -3.06. The minimum atomic E-state index is -0.184. The lowest BCUT2D eigenvalue weighted by Crippen LogP contribution is -2.28. The van der Waals surface area contributed by atoms with Gasteiger partial charge in [0.05, 0.1) is 6.61 Å². The Bertz CT molecular complexity index is 980. The number of oxazole rings is 1. The highest BCUT2D eigenvalue weighted by Crippen LogP contribution is 2.24. The van der Waals surface area contributed by atoms with Gasteiger partial charge in [-0.3, -0.25) is 4.79 Å². The first-order valence-electron chi connectivity index (χ1n) is 10.1.